The molecule has 10 nitrogen and oxygen atoms in total. The minimum absolute atomic E-state index is 0.0219. The standard InChI is InChI=1S/C21H32N6O4S/c1-24-13-19(22-14-24)32(30,31)23-17-5-7-25(8-6-17)21(29)26-10-15-9-16(12-26)18-3-2-4-20(28)27(18)11-15/h13-18H,2-12H2,1H3,(H-,23,30,31)/t15?,16?,18-/m1/s1. The number of imidazole rings is 1. The zero-order valence-electron chi connectivity index (χ0n) is 18.5. The van der Waals surface area contributed by atoms with Crippen molar-refractivity contribution in [2.75, 3.05) is 32.7 Å². The van der Waals surface area contributed by atoms with Crippen LogP contribution in [0.15, 0.2) is 17.6 Å². The number of rotatable bonds is 3. The summed E-state index contributed by atoms with van der Waals surface area (Å²) in [6, 6.07) is 0.143. The molecule has 4 atom stereocenters. The van der Waals surface area contributed by atoms with Crippen molar-refractivity contribution in [1.29, 1.82) is 0 Å². The molecule has 4 saturated heterocycles. The molecule has 4 aliphatic rings. The van der Waals surface area contributed by atoms with Crippen LogP contribution in [-0.4, -0.2) is 85.5 Å². The summed E-state index contributed by atoms with van der Waals surface area (Å²) in [6.45, 7) is 3.28. The van der Waals surface area contributed by atoms with E-state index in [1.165, 1.54) is 12.5 Å². The molecule has 11 heteroatoms. The predicted octanol–water partition coefficient (Wildman–Crippen LogP) is 0.831. The van der Waals surface area contributed by atoms with Crippen LogP contribution in [0, 0.1) is 11.8 Å². The minimum Gasteiger partial charge on any atom is -0.592 e. The van der Waals surface area contributed by atoms with Crippen LogP contribution in [0.1, 0.15) is 38.5 Å². The topological polar surface area (TPSA) is 114 Å². The number of amides is 3. The summed E-state index contributed by atoms with van der Waals surface area (Å²) in [7, 11) is -1.92. The molecule has 32 heavy (non-hydrogen) atoms. The first-order valence-corrected chi connectivity index (χ1v) is 13.1. The van der Waals surface area contributed by atoms with E-state index >= 15 is 0 Å². The monoisotopic (exact) mass is 464 g/mol. The summed E-state index contributed by atoms with van der Waals surface area (Å²) >= 11 is 0. The van der Waals surface area contributed by atoms with E-state index in [4.69, 9.17) is 0 Å². The van der Waals surface area contributed by atoms with Gasteiger partial charge in [-0.1, -0.05) is 4.21 Å². The molecule has 0 spiro atoms. The molecule has 3 amide bonds. The van der Waals surface area contributed by atoms with Crippen molar-refractivity contribution in [2.24, 2.45) is 18.9 Å². The highest BCUT2D eigenvalue weighted by Gasteiger charge is 2.45. The molecule has 5 rings (SSSR count). The number of urea groups is 1. The smallest absolute Gasteiger partial charge is 0.320 e. The number of likely N-dealkylation sites (tertiary alicyclic amines) is 2. The number of sulfonamides is 1. The number of nitrogens with zero attached hydrogens (tertiary/aromatic N) is 5. The number of fused-ring (bicyclic) bond motifs is 4. The molecule has 4 aliphatic heterocycles. The van der Waals surface area contributed by atoms with Gasteiger partial charge in [-0.25, -0.2) is 4.79 Å². The second-order valence-electron chi connectivity index (χ2n) is 9.82. The van der Waals surface area contributed by atoms with Gasteiger partial charge in [-0.05, 0) is 43.9 Å². The Morgan fingerprint density at radius 2 is 1.97 bits per heavy atom. The first-order chi connectivity index (χ1) is 15.3. The van der Waals surface area contributed by atoms with Crippen molar-refractivity contribution >= 4 is 22.3 Å². The van der Waals surface area contributed by atoms with Gasteiger partial charge in [0.25, 0.3) is 5.03 Å². The highest BCUT2D eigenvalue weighted by molar-refractivity contribution is 7.95. The number of hydrogen-bond donors (Lipinski definition) is 1. The van der Waals surface area contributed by atoms with Crippen molar-refractivity contribution in [2.45, 2.75) is 55.6 Å². The van der Waals surface area contributed by atoms with Crippen molar-refractivity contribution in [3.63, 3.8) is 0 Å². The molecule has 3 unspecified atom stereocenters. The Bertz CT molecular complexity index is 929. The van der Waals surface area contributed by atoms with E-state index < -0.39 is 10.4 Å². The Morgan fingerprint density at radius 1 is 1.19 bits per heavy atom. The van der Waals surface area contributed by atoms with E-state index in [0.29, 0.717) is 50.7 Å². The highest BCUT2D eigenvalue weighted by atomic mass is 32.3. The van der Waals surface area contributed by atoms with Gasteiger partial charge < -0.3 is 23.8 Å². The molecule has 0 aromatic carbocycles. The molecule has 0 aliphatic carbocycles. The zero-order chi connectivity index (χ0) is 22.5. The normalized spacial score (nSPS) is 30.8. The lowest BCUT2D eigenvalue weighted by atomic mass is 9.76. The maximum atomic E-state index is 13.2. The Hall–Kier alpha value is -1.98. The predicted molar refractivity (Wildman–Crippen MR) is 116 cm³/mol. The van der Waals surface area contributed by atoms with E-state index in [1.54, 1.807) is 11.6 Å². The van der Waals surface area contributed by atoms with Gasteiger partial charge in [0.2, 0.25) is 5.91 Å². The molecule has 0 radical (unpaired) electrons. The van der Waals surface area contributed by atoms with Crippen LogP contribution in [0.25, 0.3) is 0 Å². The number of carbonyl (C=O) groups is 2. The van der Waals surface area contributed by atoms with Gasteiger partial charge in [0.15, 0.2) is 10.4 Å². The van der Waals surface area contributed by atoms with E-state index in [1.807, 2.05) is 9.80 Å². The summed E-state index contributed by atoms with van der Waals surface area (Å²) in [5.74, 6) is 1.02. The number of hydrogen-bond acceptors (Lipinski definition) is 5. The summed E-state index contributed by atoms with van der Waals surface area (Å²) in [5, 5.41) is 0.0219. The number of carbonyl (C=O) groups excluding carboxylic acids is 2. The van der Waals surface area contributed by atoms with Crippen molar-refractivity contribution in [3.05, 3.63) is 12.5 Å². The molecule has 0 saturated carbocycles. The van der Waals surface area contributed by atoms with Crippen LogP contribution in [-0.2, 0) is 26.5 Å². The quantitative estimate of drug-likeness (QED) is 0.666. The third kappa shape index (κ3) is 4.17. The Kier molecular flexibility index (Phi) is 5.75. The summed E-state index contributed by atoms with van der Waals surface area (Å²) in [6.07, 6.45) is 7.89. The fourth-order valence-electron chi connectivity index (χ4n) is 5.96. The first kappa shape index (κ1) is 21.8. The minimum atomic E-state index is -3.65. The van der Waals surface area contributed by atoms with Crippen LogP contribution < -0.4 is 4.72 Å². The van der Waals surface area contributed by atoms with Gasteiger partial charge in [-0.3, -0.25) is 4.79 Å². The summed E-state index contributed by atoms with van der Waals surface area (Å²) in [4.78, 5) is 35.4. The van der Waals surface area contributed by atoms with Gasteiger partial charge in [0, 0.05) is 52.2 Å². The summed E-state index contributed by atoms with van der Waals surface area (Å²) < 4.78 is 29.4. The lowest BCUT2D eigenvalue weighted by Gasteiger charge is -2.53. The van der Waals surface area contributed by atoms with Crippen molar-refractivity contribution in [3.8, 4) is 0 Å². The number of piperidine rings is 4. The van der Waals surface area contributed by atoms with Crippen LogP contribution >= 0.6 is 0 Å². The number of aromatic nitrogens is 2. The first-order valence-electron chi connectivity index (χ1n) is 11.6. The molecular formula is C21H32N6O4S. The number of nitrogens with one attached hydrogen (secondary N) is 1. The average Bonchev–Trinajstić information content (AvgIpc) is 3.22. The molecule has 1 aromatic heterocycles. The third-order valence-electron chi connectivity index (χ3n) is 7.49. The third-order valence-corrected chi connectivity index (χ3v) is 8.90. The Balaban J connectivity index is 1.16. The van der Waals surface area contributed by atoms with Gasteiger partial charge >= 0.3 is 6.03 Å². The highest BCUT2D eigenvalue weighted by Crippen LogP contribution is 2.38. The van der Waals surface area contributed by atoms with Crippen LogP contribution in [0.4, 0.5) is 4.79 Å². The Labute approximate surface area is 189 Å². The van der Waals surface area contributed by atoms with E-state index in [9.17, 15) is 18.4 Å². The van der Waals surface area contributed by atoms with Gasteiger partial charge in [0.1, 0.15) is 0 Å². The summed E-state index contributed by atoms with van der Waals surface area (Å²) in [5.41, 5.74) is 0. The van der Waals surface area contributed by atoms with E-state index in [2.05, 4.69) is 14.6 Å². The molecule has 2 bridgehead atoms. The SMILES string of the molecule is Cn1cnc([S+](=O)([O-])NC2CCN(C(=O)N3CC4CC(C3)[C@H]3CCCC(=O)N3C4)CC2)c1. The fraction of sp³-hybridized carbons (Fsp3) is 0.762. The molecule has 5 heterocycles. The van der Waals surface area contributed by atoms with Gasteiger partial charge in [-0.2, -0.15) is 4.98 Å². The fourth-order valence-corrected chi connectivity index (χ4v) is 7.25. The zero-order valence-corrected chi connectivity index (χ0v) is 19.3. The maximum Gasteiger partial charge on any atom is 0.320 e. The van der Waals surface area contributed by atoms with Crippen LogP contribution in [0.5, 0.6) is 0 Å². The molecule has 1 N–H and O–H groups in total. The largest absolute Gasteiger partial charge is 0.592 e. The van der Waals surface area contributed by atoms with Crippen LogP contribution in [0.3, 0.4) is 0 Å². The molecule has 1 aromatic rings. The van der Waals surface area contributed by atoms with Crippen LogP contribution in [0.2, 0.25) is 0 Å². The molecular weight excluding hydrogens is 432 g/mol. The second kappa shape index (κ2) is 8.42. The van der Waals surface area contributed by atoms with Crippen molar-refractivity contribution < 1.29 is 18.4 Å². The average molecular weight is 465 g/mol. The lowest BCUT2D eigenvalue weighted by Crippen LogP contribution is -2.62. The second-order valence-corrected chi connectivity index (χ2v) is 11.5. The van der Waals surface area contributed by atoms with Gasteiger partial charge in [-0.15, -0.1) is 4.72 Å². The van der Waals surface area contributed by atoms with Gasteiger partial charge in [0.05, 0.1) is 18.6 Å². The van der Waals surface area contributed by atoms with Crippen molar-refractivity contribution in [1.82, 2.24) is 29.0 Å². The van der Waals surface area contributed by atoms with E-state index in [-0.39, 0.29) is 29.0 Å². The lowest BCUT2D eigenvalue weighted by molar-refractivity contribution is -0.144. The molecule has 4 fully saturated rings. The van der Waals surface area contributed by atoms with E-state index in [0.717, 1.165) is 32.4 Å². The number of aryl methyl sites for hydroxylation is 1. The molecule has 176 valence electrons. The Morgan fingerprint density at radius 3 is 2.69 bits per heavy atom. The maximum absolute atomic E-state index is 13.2.